The van der Waals surface area contributed by atoms with Gasteiger partial charge in [0.25, 0.3) is 0 Å². The van der Waals surface area contributed by atoms with Gasteiger partial charge in [0.15, 0.2) is 10.9 Å². The van der Waals surface area contributed by atoms with E-state index in [2.05, 4.69) is 10.3 Å². The van der Waals surface area contributed by atoms with Gasteiger partial charge in [-0.3, -0.25) is 4.79 Å². The zero-order valence-corrected chi connectivity index (χ0v) is 10.8. The molecule has 1 N–H and O–H groups in total. The van der Waals surface area contributed by atoms with Crippen LogP contribution < -0.4 is 5.32 Å². The SMILES string of the molecule is Cc1ccc(-c2csc(NC(=O)C(C)C)n2)o1. The van der Waals surface area contributed by atoms with Crippen molar-refractivity contribution in [1.82, 2.24) is 4.98 Å². The highest BCUT2D eigenvalue weighted by atomic mass is 32.1. The van der Waals surface area contributed by atoms with E-state index in [1.54, 1.807) is 0 Å². The summed E-state index contributed by atoms with van der Waals surface area (Å²) in [5, 5.41) is 5.24. The first-order valence-electron chi connectivity index (χ1n) is 5.39. The summed E-state index contributed by atoms with van der Waals surface area (Å²) in [5.74, 6) is 1.50. The largest absolute Gasteiger partial charge is 0.460 e. The number of thiazole rings is 1. The Morgan fingerprint density at radius 2 is 2.24 bits per heavy atom. The van der Waals surface area contributed by atoms with Gasteiger partial charge in [-0.05, 0) is 19.1 Å². The summed E-state index contributed by atoms with van der Waals surface area (Å²) in [5.41, 5.74) is 0.752. The van der Waals surface area contributed by atoms with Crippen molar-refractivity contribution in [1.29, 1.82) is 0 Å². The molecule has 0 bridgehead atoms. The quantitative estimate of drug-likeness (QED) is 0.909. The van der Waals surface area contributed by atoms with Crippen molar-refractivity contribution in [3.05, 3.63) is 23.3 Å². The van der Waals surface area contributed by atoms with Crippen LogP contribution in [0.25, 0.3) is 11.5 Å². The molecule has 0 saturated carbocycles. The molecule has 0 spiro atoms. The molecular weight excluding hydrogens is 236 g/mol. The summed E-state index contributed by atoms with van der Waals surface area (Å²) < 4.78 is 5.47. The molecule has 0 radical (unpaired) electrons. The lowest BCUT2D eigenvalue weighted by atomic mass is 10.2. The Balaban J connectivity index is 2.14. The number of anilines is 1. The number of amides is 1. The molecule has 0 aliphatic heterocycles. The summed E-state index contributed by atoms with van der Waals surface area (Å²) in [4.78, 5) is 15.8. The minimum absolute atomic E-state index is 0.0264. The number of nitrogens with zero attached hydrogens (tertiary/aromatic N) is 1. The molecule has 4 nitrogen and oxygen atoms in total. The second-order valence-corrected chi connectivity index (χ2v) is 4.95. The molecule has 0 unspecified atom stereocenters. The van der Waals surface area contributed by atoms with Crippen LogP contribution in [0.15, 0.2) is 21.9 Å². The predicted octanol–water partition coefficient (Wildman–Crippen LogP) is 3.31. The fraction of sp³-hybridized carbons (Fsp3) is 0.333. The lowest BCUT2D eigenvalue weighted by Gasteiger charge is -2.02. The van der Waals surface area contributed by atoms with Crippen LogP contribution in [0.2, 0.25) is 0 Å². The molecule has 2 rings (SSSR count). The molecule has 0 aliphatic rings. The fourth-order valence-corrected chi connectivity index (χ4v) is 1.97. The number of rotatable bonds is 3. The molecule has 1 amide bonds. The Hall–Kier alpha value is -1.62. The number of hydrogen-bond acceptors (Lipinski definition) is 4. The maximum absolute atomic E-state index is 11.5. The topological polar surface area (TPSA) is 55.1 Å². The van der Waals surface area contributed by atoms with E-state index in [0.717, 1.165) is 17.2 Å². The summed E-state index contributed by atoms with van der Waals surface area (Å²) in [6, 6.07) is 3.76. The monoisotopic (exact) mass is 250 g/mol. The van der Waals surface area contributed by atoms with Gasteiger partial charge in [-0.25, -0.2) is 4.98 Å². The van der Waals surface area contributed by atoms with Crippen LogP contribution in [-0.2, 0) is 4.79 Å². The van der Waals surface area contributed by atoms with Crippen molar-refractivity contribution in [3.8, 4) is 11.5 Å². The lowest BCUT2D eigenvalue weighted by molar-refractivity contribution is -0.118. The van der Waals surface area contributed by atoms with Crippen molar-refractivity contribution in [2.75, 3.05) is 5.32 Å². The highest BCUT2D eigenvalue weighted by Crippen LogP contribution is 2.26. The molecule has 0 atom stereocenters. The maximum atomic E-state index is 11.5. The number of hydrogen-bond donors (Lipinski definition) is 1. The van der Waals surface area contributed by atoms with Crippen molar-refractivity contribution >= 4 is 22.4 Å². The zero-order valence-electron chi connectivity index (χ0n) is 9.98. The maximum Gasteiger partial charge on any atom is 0.228 e. The number of carbonyl (C=O) groups is 1. The van der Waals surface area contributed by atoms with Crippen LogP contribution in [0.3, 0.4) is 0 Å². The Kier molecular flexibility index (Phi) is 3.28. The van der Waals surface area contributed by atoms with E-state index in [4.69, 9.17) is 4.42 Å². The van der Waals surface area contributed by atoms with Crippen molar-refractivity contribution < 1.29 is 9.21 Å². The number of carbonyl (C=O) groups excluding carboxylic acids is 1. The third-order valence-corrected chi connectivity index (χ3v) is 3.01. The van der Waals surface area contributed by atoms with Crippen molar-refractivity contribution in [2.24, 2.45) is 5.92 Å². The summed E-state index contributed by atoms with van der Waals surface area (Å²) in [6.07, 6.45) is 0. The second-order valence-electron chi connectivity index (χ2n) is 4.09. The van der Waals surface area contributed by atoms with E-state index in [9.17, 15) is 4.79 Å². The molecule has 0 aliphatic carbocycles. The molecule has 0 fully saturated rings. The first-order chi connectivity index (χ1) is 8.06. The van der Waals surface area contributed by atoms with Gasteiger partial charge in [-0.15, -0.1) is 11.3 Å². The molecule has 90 valence electrons. The highest BCUT2D eigenvalue weighted by Gasteiger charge is 2.12. The van der Waals surface area contributed by atoms with Gasteiger partial charge in [0.2, 0.25) is 5.91 Å². The van der Waals surface area contributed by atoms with Crippen LogP contribution in [-0.4, -0.2) is 10.9 Å². The van der Waals surface area contributed by atoms with E-state index >= 15 is 0 Å². The predicted molar refractivity (Wildman–Crippen MR) is 68.0 cm³/mol. The van der Waals surface area contributed by atoms with E-state index < -0.39 is 0 Å². The molecule has 0 aromatic carbocycles. The number of nitrogens with one attached hydrogen (secondary N) is 1. The smallest absolute Gasteiger partial charge is 0.228 e. The number of furan rings is 1. The van der Waals surface area contributed by atoms with Crippen LogP contribution >= 0.6 is 11.3 Å². The molecule has 2 heterocycles. The van der Waals surface area contributed by atoms with Gasteiger partial charge < -0.3 is 9.73 Å². The van der Waals surface area contributed by atoms with Gasteiger partial charge in [-0.2, -0.15) is 0 Å². The van der Waals surface area contributed by atoms with E-state index in [-0.39, 0.29) is 11.8 Å². The van der Waals surface area contributed by atoms with Gasteiger partial charge >= 0.3 is 0 Å². The Bertz CT molecular complexity index is 528. The average molecular weight is 250 g/mol. The van der Waals surface area contributed by atoms with Crippen LogP contribution in [0.5, 0.6) is 0 Å². The molecule has 5 heteroatoms. The molecule has 17 heavy (non-hydrogen) atoms. The summed E-state index contributed by atoms with van der Waals surface area (Å²) >= 11 is 1.40. The third-order valence-electron chi connectivity index (χ3n) is 2.25. The minimum atomic E-state index is -0.0480. The Morgan fingerprint density at radius 3 is 2.82 bits per heavy atom. The lowest BCUT2D eigenvalue weighted by Crippen LogP contribution is -2.17. The summed E-state index contributed by atoms with van der Waals surface area (Å²) in [6.45, 7) is 5.58. The number of aromatic nitrogens is 1. The van der Waals surface area contributed by atoms with E-state index in [0.29, 0.717) is 5.13 Å². The number of aryl methyl sites for hydroxylation is 1. The summed E-state index contributed by atoms with van der Waals surface area (Å²) in [7, 11) is 0. The third kappa shape index (κ3) is 2.74. The van der Waals surface area contributed by atoms with Crippen LogP contribution in [0.1, 0.15) is 19.6 Å². The first kappa shape index (κ1) is 11.9. The first-order valence-corrected chi connectivity index (χ1v) is 6.27. The van der Waals surface area contributed by atoms with Gasteiger partial charge in [0.1, 0.15) is 11.5 Å². The molecular formula is C12H14N2O2S. The Morgan fingerprint density at radius 1 is 1.47 bits per heavy atom. The average Bonchev–Trinajstić information content (AvgIpc) is 2.86. The molecule has 2 aromatic rings. The highest BCUT2D eigenvalue weighted by molar-refractivity contribution is 7.14. The van der Waals surface area contributed by atoms with Gasteiger partial charge in [0.05, 0.1) is 0 Å². The minimum Gasteiger partial charge on any atom is -0.460 e. The van der Waals surface area contributed by atoms with Gasteiger partial charge in [0, 0.05) is 11.3 Å². The Labute approximate surface area is 104 Å². The van der Waals surface area contributed by atoms with Crippen LogP contribution in [0, 0.1) is 12.8 Å². The van der Waals surface area contributed by atoms with Crippen molar-refractivity contribution in [2.45, 2.75) is 20.8 Å². The zero-order chi connectivity index (χ0) is 12.4. The molecule has 2 aromatic heterocycles. The fourth-order valence-electron chi connectivity index (χ4n) is 1.27. The van der Waals surface area contributed by atoms with Crippen molar-refractivity contribution in [3.63, 3.8) is 0 Å². The normalized spacial score (nSPS) is 10.8. The van der Waals surface area contributed by atoms with E-state index in [1.807, 2.05) is 38.3 Å². The van der Waals surface area contributed by atoms with Gasteiger partial charge in [-0.1, -0.05) is 13.8 Å². The van der Waals surface area contributed by atoms with Crippen LogP contribution in [0.4, 0.5) is 5.13 Å². The van der Waals surface area contributed by atoms with E-state index in [1.165, 1.54) is 11.3 Å². The standard InChI is InChI=1S/C12H14N2O2S/c1-7(2)11(15)14-12-13-9(6-17-12)10-5-4-8(3)16-10/h4-7H,1-3H3,(H,13,14,15). The second kappa shape index (κ2) is 4.71. The molecule has 0 saturated heterocycles.